The number of aliphatic carboxylic acids is 1. The summed E-state index contributed by atoms with van der Waals surface area (Å²) in [5.41, 5.74) is 0. The number of allylic oxidation sites excluding steroid dienone is 8. The summed E-state index contributed by atoms with van der Waals surface area (Å²) in [7, 11) is 5.41. The first-order valence-electron chi connectivity index (χ1n) is 27.2. The molecule has 8 heteroatoms. The minimum Gasteiger partial charge on any atom is -0.544 e. The van der Waals surface area contributed by atoms with Gasteiger partial charge in [-0.1, -0.05) is 204 Å². The molecule has 0 radical (unpaired) electrons. The lowest BCUT2D eigenvalue weighted by molar-refractivity contribution is -0.889. The molecule has 2 atom stereocenters. The van der Waals surface area contributed by atoms with Gasteiger partial charge in [-0.3, -0.25) is 9.59 Å². The van der Waals surface area contributed by atoms with Gasteiger partial charge in [-0.05, 0) is 70.6 Å². The van der Waals surface area contributed by atoms with Crippen molar-refractivity contribution >= 4 is 17.9 Å². The van der Waals surface area contributed by atoms with E-state index in [1.807, 2.05) is 0 Å². The second-order valence-corrected chi connectivity index (χ2v) is 19.5. The predicted octanol–water partition coefficient (Wildman–Crippen LogP) is 14.6. The fourth-order valence-corrected chi connectivity index (χ4v) is 7.98. The number of carbonyl (C=O) groups excluding carboxylic acids is 3. The number of nitrogens with zero attached hydrogens (tertiary/aromatic N) is 1. The summed E-state index contributed by atoms with van der Waals surface area (Å²) in [6.07, 6.45) is 58.6. The fourth-order valence-electron chi connectivity index (χ4n) is 7.98. The van der Waals surface area contributed by atoms with Crippen molar-refractivity contribution < 1.29 is 38.2 Å². The van der Waals surface area contributed by atoms with Crippen LogP contribution in [0.15, 0.2) is 48.6 Å². The van der Waals surface area contributed by atoms with Crippen LogP contribution in [0, 0.1) is 0 Å². The Bertz CT molecular complexity index is 1200. The van der Waals surface area contributed by atoms with E-state index in [-0.39, 0.29) is 42.7 Å². The van der Waals surface area contributed by atoms with Gasteiger partial charge in [-0.25, -0.2) is 0 Å². The maximum Gasteiger partial charge on any atom is 0.306 e. The van der Waals surface area contributed by atoms with Crippen LogP contribution in [0.4, 0.5) is 0 Å². The first kappa shape index (κ1) is 62.3. The summed E-state index contributed by atoms with van der Waals surface area (Å²) in [6, 6.07) is -0.731. The highest BCUT2D eigenvalue weighted by atomic mass is 16.6. The molecular formula is C57H103NO7. The molecule has 0 heterocycles. The molecule has 0 saturated heterocycles. The van der Waals surface area contributed by atoms with Gasteiger partial charge in [0.2, 0.25) is 0 Å². The third-order valence-corrected chi connectivity index (χ3v) is 12.2. The molecule has 0 N–H and O–H groups in total. The highest BCUT2D eigenvalue weighted by Crippen LogP contribution is 2.15. The van der Waals surface area contributed by atoms with Crippen molar-refractivity contribution in [2.24, 2.45) is 0 Å². The summed E-state index contributed by atoms with van der Waals surface area (Å²) in [5.74, 6) is -1.76. The van der Waals surface area contributed by atoms with Crippen molar-refractivity contribution in [1.29, 1.82) is 0 Å². The molecule has 0 aromatic heterocycles. The van der Waals surface area contributed by atoms with Crippen LogP contribution in [0.25, 0.3) is 0 Å². The second kappa shape index (κ2) is 47.8. The van der Waals surface area contributed by atoms with Gasteiger partial charge in [0, 0.05) is 19.3 Å². The molecule has 0 aliphatic rings. The lowest BCUT2D eigenvalue weighted by atomic mass is 10.1. The number of carboxylic acid groups (broad SMARTS) is 1. The zero-order valence-electron chi connectivity index (χ0n) is 43.2. The normalized spacial score (nSPS) is 13.2. The Morgan fingerprint density at radius 2 is 0.862 bits per heavy atom. The molecule has 0 bridgehead atoms. The van der Waals surface area contributed by atoms with E-state index in [9.17, 15) is 19.5 Å². The molecule has 0 rings (SSSR count). The average Bonchev–Trinajstić information content (AvgIpc) is 3.27. The Kier molecular flexibility index (Phi) is 45.8. The number of ether oxygens (including phenoxy) is 3. The van der Waals surface area contributed by atoms with E-state index >= 15 is 0 Å². The quantitative estimate of drug-likeness (QED) is 0.0197. The Labute approximate surface area is 401 Å². The number of likely N-dealkylation sites (N-methyl/N-ethyl adjacent to an activating group) is 1. The summed E-state index contributed by atoms with van der Waals surface area (Å²) in [5, 5.41) is 11.7. The molecule has 2 unspecified atom stereocenters. The minimum absolute atomic E-state index is 0.0324. The zero-order valence-corrected chi connectivity index (χ0v) is 43.2. The summed E-state index contributed by atoms with van der Waals surface area (Å²) in [6.45, 7) is 4.66. The lowest BCUT2D eigenvalue weighted by Gasteiger charge is -2.34. The molecule has 378 valence electrons. The second-order valence-electron chi connectivity index (χ2n) is 19.5. The number of carboxylic acids is 1. The van der Waals surface area contributed by atoms with E-state index in [4.69, 9.17) is 14.2 Å². The lowest BCUT2D eigenvalue weighted by Crippen LogP contribution is -2.55. The Hall–Kier alpha value is -2.71. The number of esters is 2. The third-order valence-electron chi connectivity index (χ3n) is 12.2. The van der Waals surface area contributed by atoms with Gasteiger partial charge in [-0.15, -0.1) is 0 Å². The summed E-state index contributed by atoms with van der Waals surface area (Å²) >= 11 is 0. The minimum atomic E-state index is -1.13. The molecule has 0 spiro atoms. The Balaban J connectivity index is 4.25. The van der Waals surface area contributed by atoms with Crippen molar-refractivity contribution in [3.8, 4) is 0 Å². The van der Waals surface area contributed by atoms with E-state index < -0.39 is 18.1 Å². The number of quaternary nitrogens is 1. The number of rotatable bonds is 49. The Morgan fingerprint density at radius 3 is 1.28 bits per heavy atom. The molecule has 0 aromatic rings. The Morgan fingerprint density at radius 1 is 0.477 bits per heavy atom. The van der Waals surface area contributed by atoms with E-state index in [1.165, 1.54) is 141 Å². The van der Waals surface area contributed by atoms with Crippen LogP contribution in [0.3, 0.4) is 0 Å². The van der Waals surface area contributed by atoms with Gasteiger partial charge < -0.3 is 28.6 Å². The van der Waals surface area contributed by atoms with Crippen molar-refractivity contribution in [1.82, 2.24) is 0 Å². The van der Waals surface area contributed by atoms with Crippen molar-refractivity contribution in [3.63, 3.8) is 0 Å². The molecule has 8 nitrogen and oxygen atoms in total. The maximum atomic E-state index is 12.8. The van der Waals surface area contributed by atoms with Crippen LogP contribution >= 0.6 is 0 Å². The monoisotopic (exact) mass is 914 g/mol. The largest absolute Gasteiger partial charge is 0.544 e. The zero-order chi connectivity index (χ0) is 47.7. The van der Waals surface area contributed by atoms with Crippen molar-refractivity contribution in [2.45, 2.75) is 257 Å². The molecule has 0 fully saturated rings. The van der Waals surface area contributed by atoms with E-state index in [0.29, 0.717) is 12.8 Å². The molecule has 0 aliphatic carbocycles. The van der Waals surface area contributed by atoms with Crippen molar-refractivity contribution in [3.05, 3.63) is 48.6 Å². The number of unbranched alkanes of at least 4 members (excludes halogenated alkanes) is 28. The van der Waals surface area contributed by atoms with Gasteiger partial charge in [0.15, 0.2) is 6.10 Å². The van der Waals surface area contributed by atoms with Crippen LogP contribution in [0.1, 0.15) is 245 Å². The van der Waals surface area contributed by atoms with Crippen LogP contribution in [0.2, 0.25) is 0 Å². The molecular weight excluding hydrogens is 811 g/mol. The summed E-state index contributed by atoms with van der Waals surface area (Å²) < 4.78 is 17.2. The number of carbonyl (C=O) groups is 3. The maximum absolute atomic E-state index is 12.8. The highest BCUT2D eigenvalue weighted by Gasteiger charge is 2.25. The molecule has 0 aliphatic heterocycles. The van der Waals surface area contributed by atoms with Crippen LogP contribution < -0.4 is 5.11 Å². The van der Waals surface area contributed by atoms with E-state index in [2.05, 4.69) is 62.5 Å². The molecule has 0 amide bonds. The first-order chi connectivity index (χ1) is 31.6. The molecule has 65 heavy (non-hydrogen) atoms. The van der Waals surface area contributed by atoms with Gasteiger partial charge in [0.1, 0.15) is 12.6 Å². The smallest absolute Gasteiger partial charge is 0.306 e. The molecule has 0 saturated carbocycles. The number of hydrogen-bond donors (Lipinski definition) is 0. The van der Waals surface area contributed by atoms with E-state index in [1.54, 1.807) is 21.1 Å². The van der Waals surface area contributed by atoms with Gasteiger partial charge in [0.25, 0.3) is 0 Å². The average molecular weight is 914 g/mol. The van der Waals surface area contributed by atoms with Crippen LogP contribution in [-0.2, 0) is 28.6 Å². The SMILES string of the molecule is CCCCCCCCC/C=C/C=C/CCCCCCCC(=O)OCC(COCCC(C(=O)[O-])[N+](C)(C)C)OC(=O)CCCCCCCCC/C=C/C/C=C/CCCCCCCCCCC. The fraction of sp³-hybridized carbons (Fsp3) is 0.807. The van der Waals surface area contributed by atoms with Crippen LogP contribution in [-0.4, -0.2) is 75.5 Å². The van der Waals surface area contributed by atoms with E-state index in [0.717, 1.165) is 70.6 Å². The molecule has 0 aromatic carbocycles. The summed E-state index contributed by atoms with van der Waals surface area (Å²) in [4.78, 5) is 37.1. The van der Waals surface area contributed by atoms with Gasteiger partial charge in [0.05, 0.1) is 40.3 Å². The van der Waals surface area contributed by atoms with Gasteiger partial charge in [-0.2, -0.15) is 0 Å². The standard InChI is InChI=1S/C57H103NO7/c1-6-8-10-12-14-16-18-20-22-24-26-27-28-29-30-32-34-36-38-40-42-44-46-48-56(60)65-53(51-63-50-49-54(57(61)62)58(3,4)5)52-64-55(59)47-45-43-41-39-37-35-33-31-25-23-21-19-17-15-13-11-9-7-2/h23,25-27,29-31,33,53-54H,6-22,24,28,32,34-52H2,1-5H3/b25-23+,27-26+,30-29+,33-31+. The van der Waals surface area contributed by atoms with Crippen molar-refractivity contribution in [2.75, 3.05) is 41.0 Å². The predicted molar refractivity (Wildman–Crippen MR) is 273 cm³/mol. The highest BCUT2D eigenvalue weighted by molar-refractivity contribution is 5.70. The van der Waals surface area contributed by atoms with Crippen LogP contribution in [0.5, 0.6) is 0 Å². The third kappa shape index (κ3) is 46.2. The number of hydrogen-bond acceptors (Lipinski definition) is 7. The first-order valence-corrected chi connectivity index (χ1v) is 27.2. The van der Waals surface area contributed by atoms with Gasteiger partial charge >= 0.3 is 11.9 Å². The topological polar surface area (TPSA) is 102 Å².